The average molecular weight is 345 g/mol. The third-order valence-corrected chi connectivity index (χ3v) is 4.59. The number of carbonyl (C=O) groups excluding carboxylic acids is 3. The smallest absolute Gasteiger partial charge is 0.242 e. The largest absolute Gasteiger partial charge is 0.339 e. The maximum Gasteiger partial charge on any atom is 0.242 e. The number of amides is 3. The summed E-state index contributed by atoms with van der Waals surface area (Å²) < 4.78 is 0. The highest BCUT2D eigenvalue weighted by molar-refractivity contribution is 5.84. The predicted octanol–water partition coefficient (Wildman–Crippen LogP) is 1.16. The molecule has 136 valence electrons. The fourth-order valence-corrected chi connectivity index (χ4v) is 3.00. The zero-order chi connectivity index (χ0) is 18.2. The van der Waals surface area contributed by atoms with Crippen LogP contribution in [0.25, 0.3) is 0 Å². The Balaban J connectivity index is 1.79. The van der Waals surface area contributed by atoms with Crippen molar-refractivity contribution in [1.29, 1.82) is 0 Å². The zero-order valence-electron chi connectivity index (χ0n) is 15.1. The molecule has 6 nitrogen and oxygen atoms in total. The molecule has 25 heavy (non-hydrogen) atoms. The molecular weight excluding hydrogens is 318 g/mol. The van der Waals surface area contributed by atoms with Gasteiger partial charge in [-0.05, 0) is 18.4 Å². The summed E-state index contributed by atoms with van der Waals surface area (Å²) in [7, 11) is 0. The van der Waals surface area contributed by atoms with Gasteiger partial charge in [-0.25, -0.2) is 0 Å². The lowest BCUT2D eigenvalue weighted by Crippen LogP contribution is -2.52. The van der Waals surface area contributed by atoms with Crippen molar-refractivity contribution < 1.29 is 14.4 Å². The van der Waals surface area contributed by atoms with E-state index in [1.54, 1.807) is 21.6 Å². The summed E-state index contributed by atoms with van der Waals surface area (Å²) in [6.07, 6.45) is 1.71. The van der Waals surface area contributed by atoms with Crippen molar-refractivity contribution in [3.8, 4) is 0 Å². The van der Waals surface area contributed by atoms with E-state index < -0.39 is 0 Å². The maximum atomic E-state index is 12.5. The van der Waals surface area contributed by atoms with E-state index in [0.29, 0.717) is 32.7 Å². The topological polar surface area (TPSA) is 60.9 Å². The summed E-state index contributed by atoms with van der Waals surface area (Å²) in [5.41, 5.74) is 1.23. The van der Waals surface area contributed by atoms with Crippen molar-refractivity contribution >= 4 is 17.7 Å². The predicted molar refractivity (Wildman–Crippen MR) is 95.9 cm³/mol. The van der Waals surface area contributed by atoms with E-state index in [9.17, 15) is 14.4 Å². The van der Waals surface area contributed by atoms with Gasteiger partial charge in [-0.3, -0.25) is 14.4 Å². The Kier molecular flexibility index (Phi) is 6.98. The van der Waals surface area contributed by atoms with Crippen LogP contribution < -0.4 is 0 Å². The number of nitrogens with zero attached hydrogens (tertiary/aromatic N) is 3. The van der Waals surface area contributed by atoms with Gasteiger partial charge in [-0.1, -0.05) is 30.3 Å². The molecule has 0 bridgehead atoms. The molecule has 0 N–H and O–H groups in total. The van der Waals surface area contributed by atoms with Gasteiger partial charge in [0.05, 0.1) is 6.54 Å². The minimum Gasteiger partial charge on any atom is -0.339 e. The van der Waals surface area contributed by atoms with Crippen molar-refractivity contribution in [3.63, 3.8) is 0 Å². The summed E-state index contributed by atoms with van der Waals surface area (Å²) in [4.78, 5) is 40.7. The fourth-order valence-electron chi connectivity index (χ4n) is 3.00. The number of benzene rings is 1. The summed E-state index contributed by atoms with van der Waals surface area (Å²) in [5, 5.41) is 0. The van der Waals surface area contributed by atoms with Crippen LogP contribution in [0.3, 0.4) is 0 Å². The van der Waals surface area contributed by atoms with Gasteiger partial charge in [0.1, 0.15) is 0 Å². The van der Waals surface area contributed by atoms with Crippen LogP contribution in [0, 0.1) is 0 Å². The van der Waals surface area contributed by atoms with E-state index in [0.717, 1.165) is 12.8 Å². The molecule has 0 saturated carbocycles. The Hall–Kier alpha value is -2.37. The fraction of sp³-hybridized carbons (Fsp3) is 0.526. The molecule has 1 aliphatic rings. The molecule has 1 fully saturated rings. The highest BCUT2D eigenvalue weighted by Gasteiger charge is 2.24. The first-order valence-corrected chi connectivity index (χ1v) is 8.80. The minimum absolute atomic E-state index is 0.0402. The summed E-state index contributed by atoms with van der Waals surface area (Å²) in [6.45, 7) is 5.94. The Morgan fingerprint density at radius 1 is 0.960 bits per heavy atom. The molecule has 6 heteroatoms. The first-order chi connectivity index (χ1) is 12.0. The summed E-state index contributed by atoms with van der Waals surface area (Å²) in [6, 6.07) is 10.1. The van der Waals surface area contributed by atoms with Crippen LogP contribution in [0.2, 0.25) is 0 Å². The number of hydrogen-bond donors (Lipinski definition) is 0. The Morgan fingerprint density at radius 2 is 1.56 bits per heavy atom. The molecule has 0 atom stereocenters. The number of rotatable bonds is 6. The standard InChI is InChI=1S/C19H27N3O3/c1-16(23)20-11-13-21(14-12-20)19(25)15-22(17(2)24)10-6-9-18-7-4-3-5-8-18/h3-5,7-8H,6,9-15H2,1-2H3. The van der Waals surface area contributed by atoms with Gasteiger partial charge in [0.15, 0.2) is 0 Å². The SMILES string of the molecule is CC(=O)N1CCN(C(=O)CN(CCCc2ccccc2)C(C)=O)CC1. The van der Waals surface area contributed by atoms with Crippen molar-refractivity contribution in [1.82, 2.24) is 14.7 Å². The molecule has 0 aliphatic carbocycles. The first kappa shape index (κ1) is 19.0. The van der Waals surface area contributed by atoms with Crippen LogP contribution in [-0.4, -0.2) is 71.7 Å². The molecule has 1 aliphatic heterocycles. The van der Waals surface area contributed by atoms with Crippen LogP contribution in [0.15, 0.2) is 30.3 Å². The van der Waals surface area contributed by atoms with Gasteiger partial charge in [-0.2, -0.15) is 0 Å². The van der Waals surface area contributed by atoms with Crippen molar-refractivity contribution in [3.05, 3.63) is 35.9 Å². The number of carbonyl (C=O) groups is 3. The van der Waals surface area contributed by atoms with Gasteiger partial charge >= 0.3 is 0 Å². The number of piperazine rings is 1. The van der Waals surface area contributed by atoms with Crippen LogP contribution in [0.4, 0.5) is 0 Å². The minimum atomic E-state index is -0.0798. The second kappa shape index (κ2) is 9.20. The van der Waals surface area contributed by atoms with Crippen molar-refractivity contribution in [2.45, 2.75) is 26.7 Å². The summed E-state index contributed by atoms with van der Waals surface area (Å²) >= 11 is 0. The average Bonchev–Trinajstić information content (AvgIpc) is 2.61. The lowest BCUT2D eigenvalue weighted by Gasteiger charge is -2.35. The van der Waals surface area contributed by atoms with E-state index in [2.05, 4.69) is 12.1 Å². The molecule has 0 unspecified atom stereocenters. The number of aryl methyl sites for hydroxylation is 1. The molecule has 3 amide bonds. The lowest BCUT2D eigenvalue weighted by atomic mass is 10.1. The van der Waals surface area contributed by atoms with Crippen molar-refractivity contribution in [2.24, 2.45) is 0 Å². The van der Waals surface area contributed by atoms with E-state index in [-0.39, 0.29) is 24.3 Å². The third-order valence-electron chi connectivity index (χ3n) is 4.59. The molecule has 0 spiro atoms. The molecule has 0 aromatic heterocycles. The van der Waals surface area contributed by atoms with E-state index in [1.165, 1.54) is 12.5 Å². The van der Waals surface area contributed by atoms with E-state index in [1.807, 2.05) is 18.2 Å². The lowest BCUT2D eigenvalue weighted by molar-refractivity contribution is -0.142. The Bertz CT molecular complexity index is 595. The van der Waals surface area contributed by atoms with Crippen LogP contribution in [0.1, 0.15) is 25.8 Å². The molecule has 2 rings (SSSR count). The second-order valence-electron chi connectivity index (χ2n) is 6.42. The monoisotopic (exact) mass is 345 g/mol. The molecule has 0 radical (unpaired) electrons. The Labute approximate surface area is 149 Å². The van der Waals surface area contributed by atoms with Gasteiger partial charge in [-0.15, -0.1) is 0 Å². The Morgan fingerprint density at radius 3 is 2.12 bits per heavy atom. The highest BCUT2D eigenvalue weighted by Crippen LogP contribution is 2.06. The highest BCUT2D eigenvalue weighted by atomic mass is 16.2. The first-order valence-electron chi connectivity index (χ1n) is 8.80. The van der Waals surface area contributed by atoms with Crippen LogP contribution in [0.5, 0.6) is 0 Å². The van der Waals surface area contributed by atoms with Gasteiger partial charge in [0, 0.05) is 46.6 Å². The van der Waals surface area contributed by atoms with E-state index in [4.69, 9.17) is 0 Å². The van der Waals surface area contributed by atoms with Crippen LogP contribution in [-0.2, 0) is 20.8 Å². The van der Waals surface area contributed by atoms with Gasteiger partial charge in [0.25, 0.3) is 0 Å². The maximum absolute atomic E-state index is 12.5. The van der Waals surface area contributed by atoms with Crippen LogP contribution >= 0.6 is 0 Å². The number of hydrogen-bond acceptors (Lipinski definition) is 3. The van der Waals surface area contributed by atoms with Crippen molar-refractivity contribution in [2.75, 3.05) is 39.3 Å². The normalized spacial score (nSPS) is 14.3. The molecule has 1 aromatic carbocycles. The second-order valence-corrected chi connectivity index (χ2v) is 6.42. The van der Waals surface area contributed by atoms with Gasteiger partial charge in [0.2, 0.25) is 17.7 Å². The van der Waals surface area contributed by atoms with Gasteiger partial charge < -0.3 is 14.7 Å². The third kappa shape index (κ3) is 5.89. The molecular formula is C19H27N3O3. The zero-order valence-corrected chi connectivity index (χ0v) is 15.1. The molecule has 1 heterocycles. The summed E-state index contributed by atoms with van der Waals surface area (Å²) in [5.74, 6) is -0.0831. The quantitative estimate of drug-likeness (QED) is 0.777. The molecule has 1 aromatic rings. The molecule has 1 saturated heterocycles. The van der Waals surface area contributed by atoms with E-state index >= 15 is 0 Å².